The second kappa shape index (κ2) is 6.18. The standard InChI is InChI=1S/C17H17F3N2O/c18-17(19,20)16(23)22-14-8-4-7-12-9-10-13(21-15(12)14)11-5-2-1-3-6-11/h4,7-11H,1-3,5-6H2,(H,22,23). The largest absolute Gasteiger partial charge is 0.471 e. The first-order valence-electron chi connectivity index (χ1n) is 7.73. The molecule has 3 nitrogen and oxygen atoms in total. The second-order valence-corrected chi connectivity index (χ2v) is 5.90. The Labute approximate surface area is 131 Å². The van der Waals surface area contributed by atoms with Gasteiger partial charge in [0.2, 0.25) is 0 Å². The van der Waals surface area contributed by atoms with E-state index in [1.807, 2.05) is 17.4 Å². The number of carbonyl (C=O) groups excluding carboxylic acids is 1. The molecule has 1 N–H and O–H groups in total. The summed E-state index contributed by atoms with van der Waals surface area (Å²) in [4.78, 5) is 15.8. The van der Waals surface area contributed by atoms with Crippen LogP contribution < -0.4 is 5.32 Å². The minimum Gasteiger partial charge on any atom is -0.316 e. The molecule has 6 heteroatoms. The third kappa shape index (κ3) is 3.46. The van der Waals surface area contributed by atoms with Crippen molar-refractivity contribution < 1.29 is 18.0 Å². The lowest BCUT2D eigenvalue weighted by atomic mass is 9.86. The molecule has 1 fully saturated rings. The topological polar surface area (TPSA) is 42.0 Å². The van der Waals surface area contributed by atoms with Gasteiger partial charge in [-0.3, -0.25) is 9.78 Å². The van der Waals surface area contributed by atoms with Crippen LogP contribution in [-0.4, -0.2) is 17.1 Å². The monoisotopic (exact) mass is 322 g/mol. The summed E-state index contributed by atoms with van der Waals surface area (Å²) in [5.74, 6) is -1.63. The van der Waals surface area contributed by atoms with Gasteiger partial charge in [-0.05, 0) is 25.0 Å². The SMILES string of the molecule is O=C(Nc1cccc2ccc(C3CCCCC3)nc12)C(F)(F)F. The van der Waals surface area contributed by atoms with Crippen LogP contribution in [0.3, 0.4) is 0 Å². The molecule has 0 aliphatic heterocycles. The van der Waals surface area contributed by atoms with Gasteiger partial charge in [-0.1, -0.05) is 37.5 Å². The van der Waals surface area contributed by atoms with E-state index in [4.69, 9.17) is 0 Å². The lowest BCUT2D eigenvalue weighted by Gasteiger charge is -2.21. The van der Waals surface area contributed by atoms with Gasteiger partial charge in [0, 0.05) is 17.0 Å². The van der Waals surface area contributed by atoms with Crippen molar-refractivity contribution in [2.24, 2.45) is 0 Å². The molecule has 0 bridgehead atoms. The molecule has 1 aromatic carbocycles. The van der Waals surface area contributed by atoms with Crippen molar-refractivity contribution >= 4 is 22.5 Å². The summed E-state index contributed by atoms with van der Waals surface area (Å²) in [7, 11) is 0. The van der Waals surface area contributed by atoms with Crippen LogP contribution >= 0.6 is 0 Å². The number of pyridine rings is 1. The van der Waals surface area contributed by atoms with Crippen molar-refractivity contribution in [3.63, 3.8) is 0 Å². The third-order valence-electron chi connectivity index (χ3n) is 4.27. The second-order valence-electron chi connectivity index (χ2n) is 5.90. The van der Waals surface area contributed by atoms with Crippen LogP contribution in [0, 0.1) is 0 Å². The normalized spacial score (nSPS) is 16.5. The minimum absolute atomic E-state index is 0.0995. The third-order valence-corrected chi connectivity index (χ3v) is 4.27. The van der Waals surface area contributed by atoms with Crippen LogP contribution in [-0.2, 0) is 4.79 Å². The number of amides is 1. The quantitative estimate of drug-likeness (QED) is 0.864. The maximum atomic E-state index is 12.5. The highest BCUT2D eigenvalue weighted by Crippen LogP contribution is 2.33. The number of nitrogens with one attached hydrogen (secondary N) is 1. The van der Waals surface area contributed by atoms with E-state index >= 15 is 0 Å². The summed E-state index contributed by atoms with van der Waals surface area (Å²) in [6.07, 6.45) is 0.707. The van der Waals surface area contributed by atoms with Gasteiger partial charge in [0.05, 0.1) is 11.2 Å². The van der Waals surface area contributed by atoms with Crippen molar-refractivity contribution in [3.05, 3.63) is 36.0 Å². The molecule has 0 radical (unpaired) electrons. The Bertz CT molecular complexity index is 721. The van der Waals surface area contributed by atoms with Crippen LogP contribution in [0.2, 0.25) is 0 Å². The Kier molecular flexibility index (Phi) is 4.24. The number of carbonyl (C=O) groups is 1. The highest BCUT2D eigenvalue weighted by atomic mass is 19.4. The first kappa shape index (κ1) is 15.8. The van der Waals surface area contributed by atoms with E-state index in [1.165, 1.54) is 12.5 Å². The maximum Gasteiger partial charge on any atom is 0.471 e. The van der Waals surface area contributed by atoms with E-state index in [2.05, 4.69) is 4.98 Å². The zero-order valence-electron chi connectivity index (χ0n) is 12.5. The highest BCUT2D eigenvalue weighted by molar-refractivity contribution is 6.02. The predicted molar refractivity (Wildman–Crippen MR) is 82.3 cm³/mol. The molecule has 122 valence electrons. The number of rotatable bonds is 2. The minimum atomic E-state index is -4.91. The molecular formula is C17H17F3N2O. The lowest BCUT2D eigenvalue weighted by Crippen LogP contribution is -2.30. The van der Waals surface area contributed by atoms with E-state index in [0.29, 0.717) is 16.8 Å². The van der Waals surface area contributed by atoms with Crippen molar-refractivity contribution in [1.82, 2.24) is 4.98 Å². The first-order chi connectivity index (χ1) is 10.9. The molecule has 1 aromatic heterocycles. The summed E-state index contributed by atoms with van der Waals surface area (Å²) in [5.41, 5.74) is 1.40. The van der Waals surface area contributed by atoms with Gasteiger partial charge < -0.3 is 5.32 Å². The zero-order chi connectivity index (χ0) is 16.4. The Morgan fingerprint density at radius 3 is 2.52 bits per heavy atom. The van der Waals surface area contributed by atoms with Gasteiger partial charge in [0.15, 0.2) is 0 Å². The van der Waals surface area contributed by atoms with Crippen LogP contribution in [0.25, 0.3) is 10.9 Å². The average Bonchev–Trinajstić information content (AvgIpc) is 2.55. The maximum absolute atomic E-state index is 12.5. The molecular weight excluding hydrogens is 305 g/mol. The fourth-order valence-corrected chi connectivity index (χ4v) is 3.08. The molecule has 2 aromatic rings. The summed E-state index contributed by atoms with van der Waals surface area (Å²) >= 11 is 0. The van der Waals surface area contributed by atoms with Crippen LogP contribution in [0.5, 0.6) is 0 Å². The van der Waals surface area contributed by atoms with E-state index in [9.17, 15) is 18.0 Å². The molecule has 1 aliphatic rings. The van der Waals surface area contributed by atoms with E-state index in [0.717, 1.165) is 31.4 Å². The number of anilines is 1. The number of aromatic nitrogens is 1. The van der Waals surface area contributed by atoms with Crippen molar-refractivity contribution in [2.45, 2.75) is 44.2 Å². The van der Waals surface area contributed by atoms with Crippen LogP contribution in [0.4, 0.5) is 18.9 Å². The first-order valence-corrected chi connectivity index (χ1v) is 7.73. The molecule has 0 spiro atoms. The Morgan fingerprint density at radius 1 is 1.09 bits per heavy atom. The smallest absolute Gasteiger partial charge is 0.316 e. The number of fused-ring (bicyclic) bond motifs is 1. The highest BCUT2D eigenvalue weighted by Gasteiger charge is 2.39. The number of alkyl halides is 3. The number of hydrogen-bond acceptors (Lipinski definition) is 2. The molecule has 0 saturated heterocycles. The van der Waals surface area contributed by atoms with Crippen LogP contribution in [0.15, 0.2) is 30.3 Å². The number of para-hydroxylation sites is 1. The molecule has 1 heterocycles. The number of benzene rings is 1. The van der Waals surface area contributed by atoms with E-state index in [1.54, 1.807) is 12.1 Å². The lowest BCUT2D eigenvalue weighted by molar-refractivity contribution is -0.167. The number of halogens is 3. The fourth-order valence-electron chi connectivity index (χ4n) is 3.08. The van der Waals surface area contributed by atoms with Crippen molar-refractivity contribution in [1.29, 1.82) is 0 Å². The fraction of sp³-hybridized carbons (Fsp3) is 0.412. The summed E-state index contributed by atoms with van der Waals surface area (Å²) in [5, 5.41) is 2.64. The van der Waals surface area contributed by atoms with Gasteiger partial charge in [-0.25, -0.2) is 0 Å². The van der Waals surface area contributed by atoms with Gasteiger partial charge in [-0.15, -0.1) is 0 Å². The Morgan fingerprint density at radius 2 is 1.83 bits per heavy atom. The van der Waals surface area contributed by atoms with Crippen LogP contribution in [0.1, 0.15) is 43.7 Å². The van der Waals surface area contributed by atoms with Gasteiger partial charge in [-0.2, -0.15) is 13.2 Å². The Hall–Kier alpha value is -2.11. The Balaban J connectivity index is 1.96. The summed E-state index contributed by atoms with van der Waals surface area (Å²) in [6.45, 7) is 0. The van der Waals surface area contributed by atoms with Crippen molar-refractivity contribution in [3.8, 4) is 0 Å². The van der Waals surface area contributed by atoms with E-state index in [-0.39, 0.29) is 5.69 Å². The zero-order valence-corrected chi connectivity index (χ0v) is 12.5. The molecule has 1 saturated carbocycles. The molecule has 1 amide bonds. The van der Waals surface area contributed by atoms with Gasteiger partial charge in [0.1, 0.15) is 0 Å². The van der Waals surface area contributed by atoms with Gasteiger partial charge >= 0.3 is 12.1 Å². The van der Waals surface area contributed by atoms with Crippen molar-refractivity contribution in [2.75, 3.05) is 5.32 Å². The average molecular weight is 322 g/mol. The molecule has 23 heavy (non-hydrogen) atoms. The number of hydrogen-bond donors (Lipinski definition) is 1. The molecule has 1 aliphatic carbocycles. The summed E-state index contributed by atoms with van der Waals surface area (Å²) in [6, 6.07) is 8.62. The van der Waals surface area contributed by atoms with E-state index < -0.39 is 12.1 Å². The molecule has 0 atom stereocenters. The number of nitrogens with zero attached hydrogens (tertiary/aromatic N) is 1. The molecule has 3 rings (SSSR count). The molecule has 0 unspecified atom stereocenters. The van der Waals surface area contributed by atoms with Gasteiger partial charge in [0.25, 0.3) is 0 Å². The summed E-state index contributed by atoms with van der Waals surface area (Å²) < 4.78 is 37.4. The predicted octanol–water partition coefficient (Wildman–Crippen LogP) is 4.78.